The predicted molar refractivity (Wildman–Crippen MR) is 88.0 cm³/mol. The molecule has 0 saturated heterocycles. The van der Waals surface area contributed by atoms with Gasteiger partial charge in [-0.15, -0.1) is 0 Å². The highest BCUT2D eigenvalue weighted by atomic mass is 19.1. The van der Waals surface area contributed by atoms with Crippen LogP contribution in [0.25, 0.3) is 0 Å². The summed E-state index contributed by atoms with van der Waals surface area (Å²) in [6.45, 7) is 0.290. The Labute approximate surface area is 140 Å². The minimum Gasteiger partial charge on any atom is -0.497 e. The highest BCUT2D eigenvalue weighted by Gasteiger charge is 2.10. The number of carbonyl (C=O) groups excluding carboxylic acids is 1. The Balaban J connectivity index is 1.99. The maximum atomic E-state index is 13.6. The molecule has 0 atom stereocenters. The molecule has 0 radical (unpaired) electrons. The highest BCUT2D eigenvalue weighted by molar-refractivity contribution is 5.78. The van der Waals surface area contributed by atoms with Crippen molar-refractivity contribution in [1.82, 2.24) is 5.32 Å². The minimum absolute atomic E-state index is 0.0766. The van der Waals surface area contributed by atoms with Crippen LogP contribution in [0.15, 0.2) is 36.4 Å². The summed E-state index contributed by atoms with van der Waals surface area (Å²) in [5.41, 5.74) is 1.37. The van der Waals surface area contributed by atoms with Gasteiger partial charge in [-0.25, -0.2) is 4.39 Å². The average Bonchev–Trinajstić information content (AvgIpc) is 2.59. The van der Waals surface area contributed by atoms with E-state index in [4.69, 9.17) is 14.2 Å². The first-order valence-corrected chi connectivity index (χ1v) is 7.37. The summed E-state index contributed by atoms with van der Waals surface area (Å²) in [4.78, 5) is 12.1. The van der Waals surface area contributed by atoms with Crippen LogP contribution in [-0.2, 0) is 17.8 Å². The number of benzene rings is 2. The summed E-state index contributed by atoms with van der Waals surface area (Å²) in [6, 6.07) is 9.82. The molecule has 0 fully saturated rings. The van der Waals surface area contributed by atoms with Crippen LogP contribution in [0.3, 0.4) is 0 Å². The van der Waals surface area contributed by atoms with Gasteiger partial charge >= 0.3 is 0 Å². The summed E-state index contributed by atoms with van der Waals surface area (Å²) < 4.78 is 28.9. The molecule has 0 aliphatic carbocycles. The van der Waals surface area contributed by atoms with Gasteiger partial charge in [-0.3, -0.25) is 4.79 Å². The van der Waals surface area contributed by atoms with Crippen molar-refractivity contribution < 1.29 is 23.4 Å². The molecule has 6 heteroatoms. The standard InChI is InChI=1S/C18H20FNO4/c1-22-14-5-7-16(23-2)13(10-14)11-20-18(21)9-12-4-6-17(24-3)15(19)8-12/h4-8,10H,9,11H2,1-3H3,(H,20,21). The van der Waals surface area contributed by atoms with Crippen molar-refractivity contribution in [1.29, 1.82) is 0 Å². The van der Waals surface area contributed by atoms with Crippen LogP contribution in [0.4, 0.5) is 4.39 Å². The minimum atomic E-state index is -0.489. The van der Waals surface area contributed by atoms with E-state index in [0.29, 0.717) is 17.1 Å². The molecule has 0 saturated carbocycles. The molecule has 0 aromatic heterocycles. The SMILES string of the molecule is COc1ccc(OC)c(CNC(=O)Cc2ccc(OC)c(F)c2)c1. The largest absolute Gasteiger partial charge is 0.497 e. The molecular weight excluding hydrogens is 313 g/mol. The van der Waals surface area contributed by atoms with Gasteiger partial charge in [-0.1, -0.05) is 6.07 Å². The van der Waals surface area contributed by atoms with Crippen LogP contribution >= 0.6 is 0 Å². The molecule has 2 aromatic carbocycles. The fourth-order valence-corrected chi connectivity index (χ4v) is 2.28. The third-order valence-corrected chi connectivity index (χ3v) is 3.54. The van der Waals surface area contributed by atoms with Crippen LogP contribution in [0, 0.1) is 5.82 Å². The highest BCUT2D eigenvalue weighted by Crippen LogP contribution is 2.24. The first kappa shape index (κ1) is 17.6. The van der Waals surface area contributed by atoms with E-state index < -0.39 is 5.82 Å². The second-order valence-electron chi connectivity index (χ2n) is 5.10. The van der Waals surface area contributed by atoms with Crippen LogP contribution in [0.2, 0.25) is 0 Å². The van der Waals surface area contributed by atoms with Crippen molar-refractivity contribution in [3.63, 3.8) is 0 Å². The topological polar surface area (TPSA) is 56.8 Å². The monoisotopic (exact) mass is 333 g/mol. The van der Waals surface area contributed by atoms with Crippen molar-refractivity contribution in [3.8, 4) is 17.2 Å². The first-order chi connectivity index (χ1) is 11.6. The van der Waals surface area contributed by atoms with Crippen molar-refractivity contribution in [3.05, 3.63) is 53.3 Å². The lowest BCUT2D eigenvalue weighted by molar-refractivity contribution is -0.120. The molecule has 0 aliphatic heterocycles. The van der Waals surface area contributed by atoms with Crippen LogP contribution in [0.1, 0.15) is 11.1 Å². The quantitative estimate of drug-likeness (QED) is 0.846. The van der Waals surface area contributed by atoms with Gasteiger partial charge in [0.1, 0.15) is 11.5 Å². The van der Waals surface area contributed by atoms with E-state index in [1.807, 2.05) is 0 Å². The van der Waals surface area contributed by atoms with Gasteiger partial charge in [0.25, 0.3) is 0 Å². The van der Waals surface area contributed by atoms with Gasteiger partial charge in [0.05, 0.1) is 27.8 Å². The summed E-state index contributed by atoms with van der Waals surface area (Å²) in [5.74, 6) is 0.783. The number of nitrogens with one attached hydrogen (secondary N) is 1. The number of rotatable bonds is 7. The van der Waals surface area contributed by atoms with Crippen LogP contribution in [0.5, 0.6) is 17.2 Å². The zero-order valence-electron chi connectivity index (χ0n) is 13.9. The van der Waals surface area contributed by atoms with Crippen LogP contribution in [-0.4, -0.2) is 27.2 Å². The van der Waals surface area contributed by atoms with Gasteiger partial charge in [0.15, 0.2) is 11.6 Å². The van der Waals surface area contributed by atoms with E-state index >= 15 is 0 Å². The molecule has 24 heavy (non-hydrogen) atoms. The summed E-state index contributed by atoms with van der Waals surface area (Å²) >= 11 is 0. The summed E-state index contributed by atoms with van der Waals surface area (Å²) in [6.07, 6.45) is 0.0766. The van der Waals surface area contributed by atoms with Crippen molar-refractivity contribution in [2.45, 2.75) is 13.0 Å². The Morgan fingerprint density at radius 2 is 1.71 bits per heavy atom. The van der Waals surface area contributed by atoms with Gasteiger partial charge in [-0.05, 0) is 35.9 Å². The molecule has 1 N–H and O–H groups in total. The molecule has 0 aliphatic rings. The Morgan fingerprint density at radius 3 is 2.33 bits per heavy atom. The molecule has 0 unspecified atom stereocenters. The van der Waals surface area contributed by atoms with E-state index in [1.165, 1.54) is 19.2 Å². The Kier molecular flexibility index (Phi) is 6.01. The lowest BCUT2D eigenvalue weighted by atomic mass is 10.1. The van der Waals surface area contributed by atoms with Crippen molar-refractivity contribution >= 4 is 5.91 Å². The molecule has 128 valence electrons. The number of ether oxygens (including phenoxy) is 3. The Bertz CT molecular complexity index is 718. The maximum Gasteiger partial charge on any atom is 0.224 e. The number of amides is 1. The normalized spacial score (nSPS) is 10.2. The second-order valence-corrected chi connectivity index (χ2v) is 5.10. The zero-order valence-corrected chi connectivity index (χ0v) is 13.9. The molecule has 0 spiro atoms. The number of halogens is 1. The molecule has 0 bridgehead atoms. The fourth-order valence-electron chi connectivity index (χ4n) is 2.28. The lowest BCUT2D eigenvalue weighted by Gasteiger charge is -2.11. The molecule has 1 amide bonds. The van der Waals surface area contributed by atoms with E-state index in [2.05, 4.69) is 5.32 Å². The Morgan fingerprint density at radius 1 is 1.00 bits per heavy atom. The molecule has 2 aromatic rings. The number of carbonyl (C=O) groups is 1. The zero-order chi connectivity index (χ0) is 17.5. The lowest BCUT2D eigenvalue weighted by Crippen LogP contribution is -2.24. The van der Waals surface area contributed by atoms with Gasteiger partial charge in [0.2, 0.25) is 5.91 Å². The first-order valence-electron chi connectivity index (χ1n) is 7.37. The van der Waals surface area contributed by atoms with Gasteiger partial charge in [0, 0.05) is 12.1 Å². The van der Waals surface area contributed by atoms with E-state index in [1.54, 1.807) is 38.5 Å². The molecule has 0 heterocycles. The number of methoxy groups -OCH3 is 3. The third kappa shape index (κ3) is 4.38. The number of hydrogen-bond donors (Lipinski definition) is 1. The summed E-state index contributed by atoms with van der Waals surface area (Å²) in [5, 5.41) is 2.79. The predicted octanol–water partition coefficient (Wildman–Crippen LogP) is 2.71. The van der Waals surface area contributed by atoms with Crippen molar-refractivity contribution in [2.75, 3.05) is 21.3 Å². The number of hydrogen-bond acceptors (Lipinski definition) is 4. The van der Waals surface area contributed by atoms with E-state index in [-0.39, 0.29) is 24.6 Å². The molecule has 5 nitrogen and oxygen atoms in total. The van der Waals surface area contributed by atoms with E-state index in [0.717, 1.165) is 5.56 Å². The third-order valence-electron chi connectivity index (χ3n) is 3.54. The van der Waals surface area contributed by atoms with E-state index in [9.17, 15) is 9.18 Å². The van der Waals surface area contributed by atoms with Gasteiger partial charge in [-0.2, -0.15) is 0 Å². The molecule has 2 rings (SSSR count). The maximum absolute atomic E-state index is 13.6. The van der Waals surface area contributed by atoms with Crippen molar-refractivity contribution in [2.24, 2.45) is 0 Å². The molecular formula is C18H20FNO4. The van der Waals surface area contributed by atoms with Gasteiger partial charge < -0.3 is 19.5 Å². The summed E-state index contributed by atoms with van der Waals surface area (Å²) in [7, 11) is 4.53. The Hall–Kier alpha value is -2.76. The second kappa shape index (κ2) is 8.19. The van der Waals surface area contributed by atoms with Crippen LogP contribution < -0.4 is 19.5 Å². The fraction of sp³-hybridized carbons (Fsp3) is 0.278. The average molecular weight is 333 g/mol. The smallest absolute Gasteiger partial charge is 0.224 e.